The summed E-state index contributed by atoms with van der Waals surface area (Å²) in [6.45, 7) is 8.96. The minimum absolute atomic E-state index is 0.242. The van der Waals surface area contributed by atoms with Crippen LogP contribution in [0.25, 0.3) is 0 Å². The highest BCUT2D eigenvalue weighted by Gasteiger charge is 2.39. The third-order valence-corrected chi connectivity index (χ3v) is 3.56. The van der Waals surface area contributed by atoms with E-state index < -0.39 is 5.60 Å². The summed E-state index contributed by atoms with van der Waals surface area (Å²) in [6.07, 6.45) is 3.29. The zero-order valence-corrected chi connectivity index (χ0v) is 12.3. The van der Waals surface area contributed by atoms with Crippen LogP contribution in [0.1, 0.15) is 40.0 Å². The van der Waals surface area contributed by atoms with E-state index in [0.717, 1.165) is 32.0 Å². The Hall–Kier alpha value is -0.810. The number of hydrogen-bond acceptors (Lipinski definition) is 4. The molecule has 3 N–H and O–H groups in total. The zero-order valence-electron chi connectivity index (χ0n) is 12.3. The van der Waals surface area contributed by atoms with Crippen LogP contribution in [0.3, 0.4) is 0 Å². The third-order valence-electron chi connectivity index (χ3n) is 3.56. The molecule has 5 nitrogen and oxygen atoms in total. The number of amides is 1. The van der Waals surface area contributed by atoms with Gasteiger partial charge in [0.15, 0.2) is 0 Å². The average Bonchev–Trinajstić information content (AvgIpc) is 3.03. The summed E-state index contributed by atoms with van der Waals surface area (Å²) in [5.41, 5.74) is -0.421. The molecule has 0 spiro atoms. The number of carbonyl (C=O) groups excluding carboxylic acids is 1. The van der Waals surface area contributed by atoms with Crippen molar-refractivity contribution in [2.24, 2.45) is 5.92 Å². The molecule has 0 radical (unpaired) electrons. The molecular weight excluding hydrogens is 242 g/mol. The molecule has 1 aliphatic heterocycles. The van der Waals surface area contributed by atoms with Gasteiger partial charge in [-0.05, 0) is 65.6 Å². The number of alkyl carbamates (subject to hydrolysis) is 1. The highest BCUT2D eigenvalue weighted by atomic mass is 16.6. The molecule has 19 heavy (non-hydrogen) atoms. The number of ether oxygens (including phenoxy) is 1. The first kappa shape index (κ1) is 14.6. The maximum absolute atomic E-state index is 11.6. The topological polar surface area (TPSA) is 62.4 Å². The number of carbonyl (C=O) groups is 1. The van der Waals surface area contributed by atoms with Crippen molar-refractivity contribution in [3.05, 3.63) is 0 Å². The summed E-state index contributed by atoms with van der Waals surface area (Å²) >= 11 is 0. The number of rotatable bonds is 4. The highest BCUT2D eigenvalue weighted by molar-refractivity contribution is 5.68. The smallest absolute Gasteiger partial charge is 0.407 e. The lowest BCUT2D eigenvalue weighted by atomic mass is 10.00. The Morgan fingerprint density at radius 3 is 2.79 bits per heavy atom. The molecule has 1 saturated carbocycles. The molecule has 5 heteroatoms. The van der Waals surface area contributed by atoms with Gasteiger partial charge in [-0.2, -0.15) is 0 Å². The Bertz CT molecular complexity index is 308. The number of nitrogens with one attached hydrogen (secondary N) is 3. The van der Waals surface area contributed by atoms with E-state index >= 15 is 0 Å². The number of piperidine rings is 1. The molecule has 0 aromatic carbocycles. The molecule has 1 amide bonds. The fraction of sp³-hybridized carbons (Fsp3) is 0.929. The maximum atomic E-state index is 11.6. The molecule has 1 saturated heterocycles. The monoisotopic (exact) mass is 269 g/mol. The summed E-state index contributed by atoms with van der Waals surface area (Å²) in [6, 6.07) is 0.667. The Kier molecular flexibility index (Phi) is 4.68. The van der Waals surface area contributed by atoms with Crippen LogP contribution in [-0.2, 0) is 4.74 Å². The number of hydrogen-bond donors (Lipinski definition) is 3. The average molecular weight is 269 g/mol. The van der Waals surface area contributed by atoms with Crippen molar-refractivity contribution in [1.82, 2.24) is 16.0 Å². The Morgan fingerprint density at radius 1 is 1.37 bits per heavy atom. The van der Waals surface area contributed by atoms with Gasteiger partial charge in [0.25, 0.3) is 0 Å². The van der Waals surface area contributed by atoms with Gasteiger partial charge in [-0.15, -0.1) is 0 Å². The Balaban J connectivity index is 1.58. The molecule has 0 bridgehead atoms. The standard InChI is InChI=1S/C14H27N3O2/c1-14(2,3)19-13(18)17-12-7-11(12)16-9-10-5-4-6-15-8-10/h10-12,15-16H,4-9H2,1-3H3,(H,17,18). The van der Waals surface area contributed by atoms with Gasteiger partial charge in [-0.25, -0.2) is 4.79 Å². The minimum atomic E-state index is -0.421. The van der Waals surface area contributed by atoms with Gasteiger partial charge in [0.05, 0.1) is 0 Å². The van der Waals surface area contributed by atoms with Crippen molar-refractivity contribution in [2.75, 3.05) is 19.6 Å². The van der Waals surface area contributed by atoms with E-state index in [1.165, 1.54) is 12.8 Å². The summed E-state index contributed by atoms with van der Waals surface area (Å²) in [5.74, 6) is 0.733. The molecule has 1 aliphatic carbocycles. The van der Waals surface area contributed by atoms with Crippen molar-refractivity contribution in [1.29, 1.82) is 0 Å². The first-order chi connectivity index (χ1) is 8.94. The summed E-state index contributed by atoms with van der Waals surface area (Å²) < 4.78 is 5.24. The predicted octanol–water partition coefficient (Wildman–Crippen LogP) is 1.24. The minimum Gasteiger partial charge on any atom is -0.444 e. The Morgan fingerprint density at radius 2 is 2.16 bits per heavy atom. The third kappa shape index (κ3) is 5.37. The van der Waals surface area contributed by atoms with Gasteiger partial charge in [0.2, 0.25) is 0 Å². The van der Waals surface area contributed by atoms with Crippen molar-refractivity contribution in [3.63, 3.8) is 0 Å². The second-order valence-electron chi connectivity index (χ2n) is 6.72. The molecule has 3 unspecified atom stereocenters. The summed E-state index contributed by atoms with van der Waals surface area (Å²) in [7, 11) is 0. The van der Waals surface area contributed by atoms with Crippen molar-refractivity contribution >= 4 is 6.09 Å². The first-order valence-corrected chi connectivity index (χ1v) is 7.37. The van der Waals surface area contributed by atoms with Crippen molar-refractivity contribution in [2.45, 2.75) is 57.7 Å². The van der Waals surface area contributed by atoms with E-state index in [2.05, 4.69) is 16.0 Å². The molecular formula is C14H27N3O2. The summed E-state index contributed by atoms with van der Waals surface area (Å²) in [5, 5.41) is 9.86. The molecule has 110 valence electrons. The van der Waals surface area contributed by atoms with E-state index in [4.69, 9.17) is 4.74 Å². The van der Waals surface area contributed by atoms with E-state index in [0.29, 0.717) is 6.04 Å². The van der Waals surface area contributed by atoms with Crippen LogP contribution in [0.2, 0.25) is 0 Å². The second kappa shape index (κ2) is 6.09. The van der Waals surface area contributed by atoms with Gasteiger partial charge >= 0.3 is 6.09 Å². The SMILES string of the molecule is CC(C)(C)OC(=O)NC1CC1NCC1CCCNC1. The van der Waals surface area contributed by atoms with Crippen LogP contribution < -0.4 is 16.0 Å². The predicted molar refractivity (Wildman–Crippen MR) is 75.2 cm³/mol. The van der Waals surface area contributed by atoms with Crippen LogP contribution in [0, 0.1) is 5.92 Å². The maximum Gasteiger partial charge on any atom is 0.407 e. The van der Waals surface area contributed by atoms with Gasteiger partial charge in [-0.3, -0.25) is 0 Å². The van der Waals surface area contributed by atoms with Crippen LogP contribution in [-0.4, -0.2) is 43.4 Å². The fourth-order valence-electron chi connectivity index (χ4n) is 2.46. The van der Waals surface area contributed by atoms with E-state index in [1.54, 1.807) is 0 Å². The van der Waals surface area contributed by atoms with E-state index in [-0.39, 0.29) is 12.1 Å². The van der Waals surface area contributed by atoms with Crippen LogP contribution >= 0.6 is 0 Å². The van der Waals surface area contributed by atoms with Crippen molar-refractivity contribution in [3.8, 4) is 0 Å². The second-order valence-corrected chi connectivity index (χ2v) is 6.72. The largest absolute Gasteiger partial charge is 0.444 e. The van der Waals surface area contributed by atoms with Gasteiger partial charge in [0.1, 0.15) is 5.60 Å². The molecule has 2 aliphatic rings. The van der Waals surface area contributed by atoms with Crippen molar-refractivity contribution < 1.29 is 9.53 Å². The van der Waals surface area contributed by atoms with Crippen LogP contribution in [0.4, 0.5) is 4.79 Å². The normalized spacial score (nSPS) is 30.8. The highest BCUT2D eigenvalue weighted by Crippen LogP contribution is 2.22. The molecule has 2 fully saturated rings. The lowest BCUT2D eigenvalue weighted by Gasteiger charge is -2.23. The molecule has 2 rings (SSSR count). The summed E-state index contributed by atoms with van der Waals surface area (Å²) in [4.78, 5) is 11.6. The van der Waals surface area contributed by atoms with Crippen LogP contribution in [0.5, 0.6) is 0 Å². The fourth-order valence-corrected chi connectivity index (χ4v) is 2.46. The quantitative estimate of drug-likeness (QED) is 0.718. The lowest BCUT2D eigenvalue weighted by Crippen LogP contribution is -2.40. The van der Waals surface area contributed by atoms with Gasteiger partial charge in [0, 0.05) is 12.1 Å². The molecule has 1 heterocycles. The first-order valence-electron chi connectivity index (χ1n) is 7.37. The van der Waals surface area contributed by atoms with Gasteiger partial charge < -0.3 is 20.7 Å². The Labute approximate surface area is 115 Å². The van der Waals surface area contributed by atoms with Gasteiger partial charge in [-0.1, -0.05) is 0 Å². The van der Waals surface area contributed by atoms with E-state index in [1.807, 2.05) is 20.8 Å². The molecule has 3 atom stereocenters. The van der Waals surface area contributed by atoms with Crippen LogP contribution in [0.15, 0.2) is 0 Å². The lowest BCUT2D eigenvalue weighted by molar-refractivity contribution is 0.0522. The van der Waals surface area contributed by atoms with E-state index in [9.17, 15) is 4.79 Å². The zero-order chi connectivity index (χ0) is 13.9. The molecule has 0 aromatic heterocycles. The molecule has 0 aromatic rings.